The van der Waals surface area contributed by atoms with Crippen LogP contribution in [0, 0.1) is 19.8 Å². The molecule has 2 aliphatic rings. The van der Waals surface area contributed by atoms with Crippen LogP contribution in [0.3, 0.4) is 0 Å². The summed E-state index contributed by atoms with van der Waals surface area (Å²) < 4.78 is 9.32. The molecule has 2 nitrogen and oxygen atoms in total. The average molecular weight is 437 g/mol. The van der Waals surface area contributed by atoms with E-state index in [0.717, 1.165) is 23.8 Å². The first-order valence-electron chi connectivity index (χ1n) is 12.6. The van der Waals surface area contributed by atoms with Gasteiger partial charge in [-0.1, -0.05) is 63.8 Å². The van der Waals surface area contributed by atoms with Gasteiger partial charge in [0.25, 0.3) is 5.69 Å². The Bertz CT molecular complexity index is 1420. The quantitative estimate of drug-likeness (QED) is 0.261. The largest absolute Gasteiger partial charge is 0.449 e. The molecule has 2 heteroatoms. The van der Waals surface area contributed by atoms with E-state index in [-0.39, 0.29) is 0 Å². The lowest BCUT2D eigenvalue weighted by molar-refractivity contribution is -0.633. The summed E-state index contributed by atoms with van der Waals surface area (Å²) in [6.07, 6.45) is 6.52. The molecule has 0 spiro atoms. The molecule has 2 heterocycles. The second kappa shape index (κ2) is 7.58. The van der Waals surface area contributed by atoms with Crippen molar-refractivity contribution in [3.8, 4) is 22.8 Å². The van der Waals surface area contributed by atoms with Gasteiger partial charge in [0.2, 0.25) is 11.3 Å². The molecule has 33 heavy (non-hydrogen) atoms. The number of para-hydroxylation sites is 1. The minimum atomic E-state index is 0.464. The fraction of sp³-hybridized carbons (Fsp3) is 0.387. The number of hydrogen-bond acceptors (Lipinski definition) is 1. The number of aryl methyl sites for hydroxylation is 2. The normalized spacial score (nSPS) is 15.5. The van der Waals surface area contributed by atoms with Crippen LogP contribution in [0.4, 0.5) is 0 Å². The highest BCUT2D eigenvalue weighted by Crippen LogP contribution is 2.51. The average Bonchev–Trinajstić information content (AvgIpc) is 3.32. The summed E-state index contributed by atoms with van der Waals surface area (Å²) in [7, 11) is 2.21. The molecule has 0 bridgehead atoms. The van der Waals surface area contributed by atoms with Crippen LogP contribution in [0.25, 0.3) is 32.9 Å². The van der Waals surface area contributed by atoms with Crippen molar-refractivity contribution in [3.05, 3.63) is 64.7 Å². The Balaban J connectivity index is 1.73. The van der Waals surface area contributed by atoms with Crippen molar-refractivity contribution in [1.82, 2.24) is 0 Å². The molecular weight excluding hydrogens is 402 g/mol. The zero-order chi connectivity index (χ0) is 22.9. The van der Waals surface area contributed by atoms with Gasteiger partial charge in [-0.3, -0.25) is 0 Å². The van der Waals surface area contributed by atoms with Gasteiger partial charge in [-0.2, -0.15) is 4.57 Å². The third-order valence-electron chi connectivity index (χ3n) is 8.24. The van der Waals surface area contributed by atoms with Crippen LogP contribution >= 0.6 is 0 Å². The summed E-state index contributed by atoms with van der Waals surface area (Å²) >= 11 is 0. The first-order valence-corrected chi connectivity index (χ1v) is 12.6. The first-order chi connectivity index (χ1) is 15.9. The van der Waals surface area contributed by atoms with E-state index in [1.807, 2.05) is 0 Å². The number of nitrogens with zero attached hydrogens (tertiary/aromatic N) is 1. The van der Waals surface area contributed by atoms with Crippen molar-refractivity contribution in [2.24, 2.45) is 13.0 Å². The van der Waals surface area contributed by atoms with Crippen molar-refractivity contribution in [2.75, 3.05) is 0 Å². The molecule has 0 amide bonds. The predicted molar refractivity (Wildman–Crippen MR) is 137 cm³/mol. The van der Waals surface area contributed by atoms with Crippen LogP contribution in [0.2, 0.25) is 0 Å². The van der Waals surface area contributed by atoms with Crippen molar-refractivity contribution < 1.29 is 9.30 Å². The molecule has 0 radical (unpaired) electrons. The third-order valence-corrected chi connectivity index (χ3v) is 8.24. The summed E-state index contributed by atoms with van der Waals surface area (Å²) in [5, 5.41) is 3.91. The highest BCUT2D eigenvalue weighted by Gasteiger charge is 2.35. The Morgan fingerprint density at radius 1 is 1.03 bits per heavy atom. The van der Waals surface area contributed by atoms with Crippen LogP contribution in [0.15, 0.2) is 42.5 Å². The van der Waals surface area contributed by atoms with E-state index < -0.39 is 0 Å². The first kappa shape index (κ1) is 20.7. The van der Waals surface area contributed by atoms with Gasteiger partial charge < -0.3 is 4.74 Å². The van der Waals surface area contributed by atoms with Gasteiger partial charge in [0.1, 0.15) is 12.8 Å². The highest BCUT2D eigenvalue weighted by molar-refractivity contribution is 6.06. The fourth-order valence-electron chi connectivity index (χ4n) is 6.24. The number of benzene rings is 3. The van der Waals surface area contributed by atoms with Crippen molar-refractivity contribution in [1.29, 1.82) is 0 Å². The molecular formula is C31H34NO+. The fourth-order valence-corrected chi connectivity index (χ4v) is 6.24. The van der Waals surface area contributed by atoms with E-state index in [9.17, 15) is 0 Å². The maximum Gasteiger partial charge on any atom is 0.257 e. The molecule has 1 saturated carbocycles. The number of aromatic nitrogens is 1. The smallest absolute Gasteiger partial charge is 0.257 e. The topological polar surface area (TPSA) is 13.1 Å². The second-order valence-corrected chi connectivity index (χ2v) is 10.7. The number of ether oxygens (including phenoxy) is 1. The van der Waals surface area contributed by atoms with Crippen LogP contribution in [-0.2, 0) is 13.5 Å². The summed E-state index contributed by atoms with van der Waals surface area (Å²) in [5.41, 5.74) is 9.36. The Hall–Kier alpha value is -2.87. The minimum absolute atomic E-state index is 0.464. The molecule has 6 rings (SSSR count). The van der Waals surface area contributed by atoms with Gasteiger partial charge in [0.15, 0.2) is 0 Å². The second-order valence-electron chi connectivity index (χ2n) is 10.7. The molecule has 1 aliphatic carbocycles. The van der Waals surface area contributed by atoms with Crippen molar-refractivity contribution >= 4 is 21.7 Å². The number of rotatable bonds is 3. The molecule has 0 saturated heterocycles. The highest BCUT2D eigenvalue weighted by atomic mass is 16.5. The van der Waals surface area contributed by atoms with E-state index in [1.165, 1.54) is 80.9 Å². The maximum absolute atomic E-state index is 6.94. The lowest BCUT2D eigenvalue weighted by Crippen LogP contribution is -2.34. The maximum atomic E-state index is 6.94. The number of fused-ring (bicyclic) bond motifs is 3. The van der Waals surface area contributed by atoms with E-state index in [1.54, 1.807) is 0 Å². The van der Waals surface area contributed by atoms with E-state index in [4.69, 9.17) is 4.74 Å². The van der Waals surface area contributed by atoms with E-state index in [0.29, 0.717) is 5.92 Å². The van der Waals surface area contributed by atoms with Gasteiger partial charge in [0, 0.05) is 17.0 Å². The molecule has 0 unspecified atom stereocenters. The molecule has 4 aromatic rings. The van der Waals surface area contributed by atoms with Crippen LogP contribution in [-0.4, -0.2) is 0 Å². The molecule has 1 fully saturated rings. The molecule has 3 aromatic carbocycles. The Labute approximate surface area is 197 Å². The Morgan fingerprint density at radius 2 is 1.79 bits per heavy atom. The Morgan fingerprint density at radius 3 is 2.55 bits per heavy atom. The lowest BCUT2D eigenvalue weighted by atomic mass is 9.86. The van der Waals surface area contributed by atoms with Crippen molar-refractivity contribution in [3.63, 3.8) is 0 Å². The van der Waals surface area contributed by atoms with Gasteiger partial charge >= 0.3 is 0 Å². The number of hydrogen-bond donors (Lipinski definition) is 0. The van der Waals surface area contributed by atoms with Gasteiger partial charge in [-0.05, 0) is 66.3 Å². The minimum Gasteiger partial charge on any atom is -0.449 e. The molecule has 168 valence electrons. The zero-order valence-electron chi connectivity index (χ0n) is 20.6. The number of pyridine rings is 1. The van der Waals surface area contributed by atoms with E-state index in [2.05, 4.69) is 81.8 Å². The SMILES string of the molecule is Cc1cc2cc(C(C)C)cc3c2c(c1C)-c1c(c(CC2CCCC2)c2ccccc2[n+]1C)O3. The van der Waals surface area contributed by atoms with Crippen LogP contribution in [0.1, 0.15) is 67.7 Å². The molecule has 0 N–H and O–H groups in total. The summed E-state index contributed by atoms with van der Waals surface area (Å²) in [4.78, 5) is 0. The monoisotopic (exact) mass is 436 g/mol. The lowest BCUT2D eigenvalue weighted by Gasteiger charge is -2.26. The van der Waals surface area contributed by atoms with Gasteiger partial charge in [-0.15, -0.1) is 0 Å². The zero-order valence-corrected chi connectivity index (χ0v) is 20.6. The standard InChI is InChI=1S/C31H34NO/c1-18(2)22-16-23-14-19(3)20(4)28-29(23)27(17-22)33-31-25(15-21-10-6-7-11-21)24-12-8-9-13-26(24)32(5)30(28)31/h8-9,12-14,16-18,21H,6-7,10-11,15H2,1-5H3/q+1. The third kappa shape index (κ3) is 3.10. The summed E-state index contributed by atoms with van der Waals surface area (Å²) in [6.45, 7) is 9.07. The predicted octanol–water partition coefficient (Wildman–Crippen LogP) is 8.06. The van der Waals surface area contributed by atoms with E-state index >= 15 is 0 Å². The van der Waals surface area contributed by atoms with Crippen molar-refractivity contribution in [2.45, 2.75) is 65.7 Å². The summed E-state index contributed by atoms with van der Waals surface area (Å²) in [6, 6.07) is 15.9. The summed E-state index contributed by atoms with van der Waals surface area (Å²) in [5.74, 6) is 3.35. The molecule has 0 atom stereocenters. The molecule has 1 aromatic heterocycles. The van der Waals surface area contributed by atoms with Gasteiger partial charge in [-0.25, -0.2) is 0 Å². The Kier molecular flexibility index (Phi) is 4.76. The van der Waals surface area contributed by atoms with Crippen LogP contribution in [0.5, 0.6) is 11.5 Å². The van der Waals surface area contributed by atoms with Crippen LogP contribution < -0.4 is 9.30 Å². The van der Waals surface area contributed by atoms with Gasteiger partial charge in [0.05, 0.1) is 10.9 Å². The molecule has 1 aliphatic heterocycles.